The Bertz CT molecular complexity index is 519. The Labute approximate surface area is 115 Å². The van der Waals surface area contributed by atoms with Gasteiger partial charge in [0.25, 0.3) is 0 Å². The Kier molecular flexibility index (Phi) is 4.63. The largest absolute Gasteiger partial charge is 0.463 e. The van der Waals surface area contributed by atoms with Gasteiger partial charge < -0.3 is 14.6 Å². The summed E-state index contributed by atoms with van der Waals surface area (Å²) in [6, 6.07) is 12.6. The summed E-state index contributed by atoms with van der Waals surface area (Å²) in [6.07, 6.45) is 0. The highest BCUT2D eigenvalue weighted by Crippen LogP contribution is 2.18. The molecule has 1 aromatic carbocycles. The second kappa shape index (κ2) is 6.43. The van der Waals surface area contributed by atoms with Gasteiger partial charge in [0.15, 0.2) is 0 Å². The molecule has 0 radical (unpaired) electrons. The maximum absolute atomic E-state index is 5.80. The third-order valence-corrected chi connectivity index (χ3v) is 3.10. The van der Waals surface area contributed by atoms with Crippen LogP contribution in [-0.4, -0.2) is 13.6 Å². The van der Waals surface area contributed by atoms with Gasteiger partial charge >= 0.3 is 0 Å². The summed E-state index contributed by atoms with van der Waals surface area (Å²) in [5.41, 5.74) is 2.49. The molecule has 0 fully saturated rings. The third kappa shape index (κ3) is 3.86. The number of hydrogen-bond donors (Lipinski definition) is 1. The van der Waals surface area contributed by atoms with Crippen LogP contribution in [0.15, 0.2) is 40.8 Å². The zero-order chi connectivity index (χ0) is 13.7. The number of nitrogens with one attached hydrogen (secondary N) is 1. The first-order valence-electron chi connectivity index (χ1n) is 6.75. The van der Waals surface area contributed by atoms with Crippen LogP contribution in [0.3, 0.4) is 0 Å². The van der Waals surface area contributed by atoms with E-state index in [0.717, 1.165) is 31.2 Å². The molecule has 0 unspecified atom stereocenters. The lowest BCUT2D eigenvalue weighted by atomic mass is 10.2. The summed E-state index contributed by atoms with van der Waals surface area (Å²) in [4.78, 5) is 2.20. The van der Waals surface area contributed by atoms with Crippen LogP contribution in [0.5, 0.6) is 0 Å². The number of aryl methyl sites for hydroxylation is 1. The van der Waals surface area contributed by atoms with Crippen molar-refractivity contribution >= 4 is 5.69 Å². The van der Waals surface area contributed by atoms with E-state index in [2.05, 4.69) is 61.4 Å². The highest BCUT2D eigenvalue weighted by Gasteiger charge is 2.06. The van der Waals surface area contributed by atoms with Crippen molar-refractivity contribution in [2.24, 2.45) is 0 Å². The van der Waals surface area contributed by atoms with E-state index in [1.165, 1.54) is 11.3 Å². The lowest BCUT2D eigenvalue weighted by Crippen LogP contribution is -2.16. The van der Waals surface area contributed by atoms with Crippen molar-refractivity contribution in [1.82, 2.24) is 5.32 Å². The van der Waals surface area contributed by atoms with Crippen LogP contribution < -0.4 is 10.2 Å². The van der Waals surface area contributed by atoms with Gasteiger partial charge in [-0.1, -0.05) is 19.1 Å². The monoisotopic (exact) mass is 258 g/mol. The molecule has 0 bridgehead atoms. The molecule has 0 amide bonds. The molecule has 1 heterocycles. The Morgan fingerprint density at radius 2 is 1.95 bits per heavy atom. The van der Waals surface area contributed by atoms with E-state index in [0.29, 0.717) is 0 Å². The fraction of sp³-hybridized carbons (Fsp3) is 0.375. The number of hydrogen-bond acceptors (Lipinski definition) is 3. The van der Waals surface area contributed by atoms with Crippen LogP contribution in [0.2, 0.25) is 0 Å². The lowest BCUT2D eigenvalue weighted by molar-refractivity contribution is 0.448. The molecule has 0 aliphatic carbocycles. The van der Waals surface area contributed by atoms with E-state index in [9.17, 15) is 0 Å². The van der Waals surface area contributed by atoms with Crippen molar-refractivity contribution in [1.29, 1.82) is 0 Å². The van der Waals surface area contributed by atoms with E-state index >= 15 is 0 Å². The van der Waals surface area contributed by atoms with Gasteiger partial charge in [-0.25, -0.2) is 0 Å². The van der Waals surface area contributed by atoms with Crippen molar-refractivity contribution in [3.8, 4) is 0 Å². The molecule has 3 nitrogen and oxygen atoms in total. The van der Waals surface area contributed by atoms with E-state index in [-0.39, 0.29) is 0 Å². The van der Waals surface area contributed by atoms with Crippen LogP contribution in [-0.2, 0) is 13.1 Å². The normalized spacial score (nSPS) is 10.7. The molecule has 1 N–H and O–H groups in total. The first-order chi connectivity index (χ1) is 9.19. The molecule has 0 saturated heterocycles. The zero-order valence-corrected chi connectivity index (χ0v) is 11.9. The third-order valence-electron chi connectivity index (χ3n) is 3.10. The number of rotatable bonds is 6. The summed E-state index contributed by atoms with van der Waals surface area (Å²) < 4.78 is 5.80. The molecule has 2 aromatic rings. The molecule has 2 rings (SSSR count). The van der Waals surface area contributed by atoms with Gasteiger partial charge in [0.05, 0.1) is 13.1 Å². The summed E-state index contributed by atoms with van der Waals surface area (Å²) in [6.45, 7) is 6.74. The number of anilines is 1. The average Bonchev–Trinajstić information content (AvgIpc) is 2.84. The van der Waals surface area contributed by atoms with Gasteiger partial charge in [-0.2, -0.15) is 0 Å². The molecular weight excluding hydrogens is 236 g/mol. The maximum Gasteiger partial charge on any atom is 0.123 e. The molecule has 0 spiro atoms. The second-order valence-electron chi connectivity index (χ2n) is 4.84. The van der Waals surface area contributed by atoms with Gasteiger partial charge in [0.2, 0.25) is 0 Å². The Hall–Kier alpha value is -1.74. The maximum atomic E-state index is 5.80. The number of benzene rings is 1. The summed E-state index contributed by atoms with van der Waals surface area (Å²) >= 11 is 0. The van der Waals surface area contributed by atoms with Crippen LogP contribution in [0.25, 0.3) is 0 Å². The summed E-state index contributed by atoms with van der Waals surface area (Å²) in [5, 5.41) is 3.26. The molecule has 3 heteroatoms. The van der Waals surface area contributed by atoms with Crippen LogP contribution >= 0.6 is 0 Å². The van der Waals surface area contributed by atoms with E-state index in [1.54, 1.807) is 0 Å². The minimum Gasteiger partial charge on any atom is -0.463 e. The smallest absolute Gasteiger partial charge is 0.123 e. The Morgan fingerprint density at radius 3 is 2.68 bits per heavy atom. The average molecular weight is 258 g/mol. The lowest BCUT2D eigenvalue weighted by Gasteiger charge is -2.18. The molecule has 0 aliphatic rings. The van der Waals surface area contributed by atoms with Crippen LogP contribution in [0, 0.1) is 6.92 Å². The standard InChI is InChI=1S/C16H22N2O/c1-4-17-11-15-8-9-16(19-15)12-18(3)14-7-5-6-13(2)10-14/h5-10,17H,4,11-12H2,1-3H3. The second-order valence-corrected chi connectivity index (χ2v) is 4.84. The highest BCUT2D eigenvalue weighted by atomic mass is 16.3. The summed E-state index contributed by atoms with van der Waals surface area (Å²) in [5.74, 6) is 1.99. The van der Waals surface area contributed by atoms with E-state index in [1.807, 2.05) is 6.07 Å². The SMILES string of the molecule is CCNCc1ccc(CN(C)c2cccc(C)c2)o1. The first kappa shape index (κ1) is 13.7. The predicted molar refractivity (Wildman–Crippen MR) is 79.4 cm³/mol. The van der Waals surface area contributed by atoms with E-state index < -0.39 is 0 Å². The van der Waals surface area contributed by atoms with Gasteiger partial charge in [-0.05, 0) is 43.3 Å². The van der Waals surface area contributed by atoms with Crippen molar-refractivity contribution in [2.45, 2.75) is 26.9 Å². The van der Waals surface area contributed by atoms with Crippen molar-refractivity contribution in [2.75, 3.05) is 18.5 Å². The fourth-order valence-corrected chi connectivity index (χ4v) is 2.04. The first-order valence-corrected chi connectivity index (χ1v) is 6.75. The zero-order valence-electron chi connectivity index (χ0n) is 11.9. The molecular formula is C16H22N2O. The molecule has 0 aliphatic heterocycles. The molecule has 0 saturated carbocycles. The van der Waals surface area contributed by atoms with Gasteiger partial charge in [0.1, 0.15) is 11.5 Å². The molecule has 1 aromatic heterocycles. The van der Waals surface area contributed by atoms with Crippen molar-refractivity contribution < 1.29 is 4.42 Å². The van der Waals surface area contributed by atoms with Gasteiger partial charge in [-0.3, -0.25) is 0 Å². The molecule has 102 valence electrons. The van der Waals surface area contributed by atoms with Gasteiger partial charge in [0, 0.05) is 12.7 Å². The van der Waals surface area contributed by atoms with Crippen molar-refractivity contribution in [3.63, 3.8) is 0 Å². The molecule has 19 heavy (non-hydrogen) atoms. The molecule has 0 atom stereocenters. The fourth-order valence-electron chi connectivity index (χ4n) is 2.04. The highest BCUT2D eigenvalue weighted by molar-refractivity contribution is 5.47. The topological polar surface area (TPSA) is 28.4 Å². The van der Waals surface area contributed by atoms with Crippen LogP contribution in [0.1, 0.15) is 24.0 Å². The number of furan rings is 1. The minimum atomic E-state index is 0.787. The van der Waals surface area contributed by atoms with Crippen molar-refractivity contribution in [3.05, 3.63) is 53.5 Å². The predicted octanol–water partition coefficient (Wildman–Crippen LogP) is 3.33. The Morgan fingerprint density at radius 1 is 1.16 bits per heavy atom. The summed E-state index contributed by atoms with van der Waals surface area (Å²) in [7, 11) is 2.08. The van der Waals surface area contributed by atoms with Gasteiger partial charge in [-0.15, -0.1) is 0 Å². The Balaban J connectivity index is 1.98. The van der Waals surface area contributed by atoms with Crippen LogP contribution in [0.4, 0.5) is 5.69 Å². The quantitative estimate of drug-likeness (QED) is 0.861. The number of nitrogens with zero attached hydrogens (tertiary/aromatic N) is 1. The minimum absolute atomic E-state index is 0.787. The van der Waals surface area contributed by atoms with E-state index in [4.69, 9.17) is 4.42 Å².